The number of thioether (sulfide) groups is 1. The van der Waals surface area contributed by atoms with Crippen LogP contribution in [-0.2, 0) is 11.3 Å². The number of likely N-dealkylation sites (tertiary alicyclic amines) is 1. The number of ether oxygens (including phenoxy) is 1. The zero-order valence-electron chi connectivity index (χ0n) is 16.8. The number of hydrogen-bond donors (Lipinski definition) is 0. The molecule has 0 unspecified atom stereocenters. The Kier molecular flexibility index (Phi) is 6.39. The Morgan fingerprint density at radius 3 is 2.76 bits per heavy atom. The number of amides is 1. The van der Waals surface area contributed by atoms with Crippen molar-refractivity contribution < 1.29 is 9.53 Å². The molecule has 0 spiro atoms. The van der Waals surface area contributed by atoms with Crippen molar-refractivity contribution in [3.8, 4) is 5.75 Å². The first-order valence-corrected chi connectivity index (χ1v) is 11.3. The Morgan fingerprint density at radius 1 is 1.14 bits per heavy atom. The van der Waals surface area contributed by atoms with E-state index in [1.807, 2.05) is 59.5 Å². The van der Waals surface area contributed by atoms with Crippen molar-refractivity contribution in [2.24, 2.45) is 0 Å². The van der Waals surface area contributed by atoms with Crippen molar-refractivity contribution in [3.05, 3.63) is 54.6 Å². The highest BCUT2D eigenvalue weighted by atomic mass is 32.2. The lowest BCUT2D eigenvalue weighted by Crippen LogP contribution is -2.43. The average Bonchev–Trinajstić information content (AvgIpc) is 3.09. The standard InChI is InChI=1S/C23H27N3O2S/c1-18-9-7-8-14-25(18)22(27)17-26-21-13-6-5-12-20(21)24-23(26)29-16-15-28-19-10-3-2-4-11-19/h2-6,10-13,18H,7-9,14-17H2,1H3/t18-/m1/s1. The lowest BCUT2D eigenvalue weighted by molar-refractivity contribution is -0.135. The number of imidazole rings is 1. The highest BCUT2D eigenvalue weighted by Gasteiger charge is 2.24. The summed E-state index contributed by atoms with van der Waals surface area (Å²) in [4.78, 5) is 19.8. The van der Waals surface area contributed by atoms with E-state index in [9.17, 15) is 4.79 Å². The van der Waals surface area contributed by atoms with E-state index in [0.29, 0.717) is 19.2 Å². The van der Waals surface area contributed by atoms with Gasteiger partial charge >= 0.3 is 0 Å². The second-order valence-corrected chi connectivity index (χ2v) is 8.47. The van der Waals surface area contributed by atoms with Crippen molar-refractivity contribution in [2.45, 2.75) is 43.9 Å². The molecule has 0 aliphatic carbocycles. The number of hydrogen-bond acceptors (Lipinski definition) is 4. The highest BCUT2D eigenvalue weighted by molar-refractivity contribution is 7.99. The fourth-order valence-electron chi connectivity index (χ4n) is 3.82. The van der Waals surface area contributed by atoms with E-state index in [4.69, 9.17) is 9.72 Å². The lowest BCUT2D eigenvalue weighted by atomic mass is 10.0. The Hall–Kier alpha value is -2.47. The lowest BCUT2D eigenvalue weighted by Gasteiger charge is -2.33. The molecule has 1 saturated heterocycles. The van der Waals surface area contributed by atoms with Gasteiger partial charge in [0.25, 0.3) is 0 Å². The van der Waals surface area contributed by atoms with Gasteiger partial charge in [-0.05, 0) is 50.5 Å². The van der Waals surface area contributed by atoms with Gasteiger partial charge in [0.15, 0.2) is 5.16 Å². The van der Waals surface area contributed by atoms with Gasteiger partial charge in [0.1, 0.15) is 12.3 Å². The number of nitrogens with zero attached hydrogens (tertiary/aromatic N) is 3. The number of carbonyl (C=O) groups excluding carboxylic acids is 1. The minimum absolute atomic E-state index is 0.183. The molecule has 2 heterocycles. The Bertz CT molecular complexity index is 957. The smallest absolute Gasteiger partial charge is 0.242 e. The maximum absolute atomic E-state index is 13.0. The minimum atomic E-state index is 0.183. The normalized spacial score (nSPS) is 16.9. The molecule has 1 aliphatic rings. The number of para-hydroxylation sites is 3. The zero-order chi connectivity index (χ0) is 20.1. The number of aromatic nitrogens is 2. The first-order valence-electron chi connectivity index (χ1n) is 10.3. The molecule has 0 saturated carbocycles. The summed E-state index contributed by atoms with van der Waals surface area (Å²) in [5.74, 6) is 1.82. The van der Waals surface area contributed by atoms with Gasteiger partial charge in [0.05, 0.1) is 17.6 Å². The highest BCUT2D eigenvalue weighted by Crippen LogP contribution is 2.25. The van der Waals surface area contributed by atoms with Crippen LogP contribution in [0.1, 0.15) is 26.2 Å². The number of rotatable bonds is 7. The van der Waals surface area contributed by atoms with Gasteiger partial charge in [-0.15, -0.1) is 0 Å². The van der Waals surface area contributed by atoms with Crippen LogP contribution in [0, 0.1) is 0 Å². The summed E-state index contributed by atoms with van der Waals surface area (Å²) >= 11 is 1.64. The van der Waals surface area contributed by atoms with E-state index >= 15 is 0 Å². The van der Waals surface area contributed by atoms with Crippen LogP contribution in [0.4, 0.5) is 0 Å². The summed E-state index contributed by atoms with van der Waals surface area (Å²) in [7, 11) is 0. The van der Waals surface area contributed by atoms with E-state index in [1.165, 1.54) is 6.42 Å². The van der Waals surface area contributed by atoms with Gasteiger partial charge in [0.2, 0.25) is 5.91 Å². The maximum atomic E-state index is 13.0. The van der Waals surface area contributed by atoms with Crippen molar-refractivity contribution in [1.29, 1.82) is 0 Å². The van der Waals surface area contributed by atoms with Gasteiger partial charge < -0.3 is 14.2 Å². The second-order valence-electron chi connectivity index (χ2n) is 7.41. The van der Waals surface area contributed by atoms with Crippen LogP contribution in [-0.4, -0.2) is 45.3 Å². The number of carbonyl (C=O) groups is 1. The molecule has 0 N–H and O–H groups in total. The molecule has 4 rings (SSSR count). The Balaban J connectivity index is 1.46. The van der Waals surface area contributed by atoms with Crippen LogP contribution >= 0.6 is 11.8 Å². The molecule has 1 aliphatic heterocycles. The molecule has 5 nitrogen and oxygen atoms in total. The molecule has 1 amide bonds. The average molecular weight is 410 g/mol. The second kappa shape index (κ2) is 9.35. The van der Waals surface area contributed by atoms with Crippen LogP contribution in [0.3, 0.4) is 0 Å². The molecule has 2 aromatic carbocycles. The van der Waals surface area contributed by atoms with Crippen molar-refractivity contribution in [3.63, 3.8) is 0 Å². The SMILES string of the molecule is C[C@@H]1CCCCN1C(=O)Cn1c(SCCOc2ccccc2)nc2ccccc21. The van der Waals surface area contributed by atoms with Gasteiger partial charge in [-0.1, -0.05) is 42.1 Å². The largest absolute Gasteiger partial charge is 0.493 e. The van der Waals surface area contributed by atoms with Crippen molar-refractivity contribution >= 4 is 28.7 Å². The molecule has 1 fully saturated rings. The third kappa shape index (κ3) is 4.75. The van der Waals surface area contributed by atoms with Crippen LogP contribution < -0.4 is 4.74 Å². The first-order chi connectivity index (χ1) is 14.2. The summed E-state index contributed by atoms with van der Waals surface area (Å²) in [5.41, 5.74) is 1.94. The minimum Gasteiger partial charge on any atom is -0.493 e. The van der Waals surface area contributed by atoms with E-state index in [2.05, 4.69) is 11.5 Å². The topological polar surface area (TPSA) is 47.4 Å². The first kappa shape index (κ1) is 19.8. The van der Waals surface area contributed by atoms with E-state index in [0.717, 1.165) is 47.1 Å². The van der Waals surface area contributed by atoms with Gasteiger partial charge in [0, 0.05) is 18.3 Å². The molecule has 1 atom stereocenters. The van der Waals surface area contributed by atoms with Crippen molar-refractivity contribution in [1.82, 2.24) is 14.5 Å². The monoisotopic (exact) mass is 409 g/mol. The number of fused-ring (bicyclic) bond motifs is 1. The fourth-order valence-corrected chi connectivity index (χ4v) is 4.65. The molecule has 3 aromatic rings. The Morgan fingerprint density at radius 2 is 1.93 bits per heavy atom. The zero-order valence-corrected chi connectivity index (χ0v) is 17.6. The summed E-state index contributed by atoms with van der Waals surface area (Å²) in [6.07, 6.45) is 3.40. The summed E-state index contributed by atoms with van der Waals surface area (Å²) in [6, 6.07) is 18.2. The molecule has 29 heavy (non-hydrogen) atoms. The quantitative estimate of drug-likeness (QED) is 0.422. The number of benzene rings is 2. The summed E-state index contributed by atoms with van der Waals surface area (Å²) in [5, 5.41) is 0.876. The third-order valence-corrected chi connectivity index (χ3v) is 6.30. The van der Waals surface area contributed by atoms with Gasteiger partial charge in [-0.2, -0.15) is 0 Å². The summed E-state index contributed by atoms with van der Waals surface area (Å²) < 4.78 is 7.86. The fraction of sp³-hybridized carbons (Fsp3) is 0.391. The van der Waals surface area contributed by atoms with Crippen LogP contribution in [0.15, 0.2) is 59.8 Å². The van der Waals surface area contributed by atoms with Gasteiger partial charge in [-0.3, -0.25) is 4.79 Å². The molecule has 1 aromatic heterocycles. The van der Waals surface area contributed by atoms with Crippen molar-refractivity contribution in [2.75, 3.05) is 18.9 Å². The van der Waals surface area contributed by atoms with Crippen LogP contribution in [0.5, 0.6) is 5.75 Å². The Labute approximate surface area is 176 Å². The van der Waals surface area contributed by atoms with E-state index in [-0.39, 0.29) is 5.91 Å². The third-order valence-electron chi connectivity index (χ3n) is 5.36. The molecule has 6 heteroatoms. The summed E-state index contributed by atoms with van der Waals surface area (Å²) in [6.45, 7) is 3.95. The maximum Gasteiger partial charge on any atom is 0.242 e. The molecular weight excluding hydrogens is 382 g/mol. The van der Waals surface area contributed by atoms with E-state index in [1.54, 1.807) is 11.8 Å². The molecule has 0 bridgehead atoms. The van der Waals surface area contributed by atoms with Crippen LogP contribution in [0.2, 0.25) is 0 Å². The van der Waals surface area contributed by atoms with Crippen LogP contribution in [0.25, 0.3) is 11.0 Å². The number of piperidine rings is 1. The molecule has 152 valence electrons. The predicted octanol–water partition coefficient (Wildman–Crippen LogP) is 4.61. The van der Waals surface area contributed by atoms with E-state index < -0.39 is 0 Å². The van der Waals surface area contributed by atoms with Gasteiger partial charge in [-0.25, -0.2) is 4.98 Å². The predicted molar refractivity (Wildman–Crippen MR) is 117 cm³/mol. The molecule has 0 radical (unpaired) electrons. The molecular formula is C23H27N3O2S.